The van der Waals surface area contributed by atoms with E-state index < -0.39 is 0 Å². The maximum absolute atomic E-state index is 4.62. The largest absolute Gasteiger partial charge is 0.256 e. The van der Waals surface area contributed by atoms with E-state index >= 15 is 0 Å². The van der Waals surface area contributed by atoms with Crippen LogP contribution in [0.25, 0.3) is 32.8 Å². The molecular weight excluding hydrogens is 326 g/mol. The van der Waals surface area contributed by atoms with Gasteiger partial charge in [-0.1, -0.05) is 42.5 Å². The highest BCUT2D eigenvalue weighted by atomic mass is 35.5. The van der Waals surface area contributed by atoms with Gasteiger partial charge in [-0.25, -0.2) is 0 Å². The number of halogens is 1. The van der Waals surface area contributed by atoms with Gasteiger partial charge < -0.3 is 0 Å². The Morgan fingerprint density at radius 2 is 1.44 bits per heavy atom. The molecule has 0 bridgehead atoms. The first kappa shape index (κ1) is 16.1. The minimum Gasteiger partial charge on any atom is -0.256 e. The number of pyridine rings is 1. The zero-order valence-corrected chi connectivity index (χ0v) is 14.9. The molecule has 1 heterocycles. The summed E-state index contributed by atoms with van der Waals surface area (Å²) in [7, 11) is 0. The summed E-state index contributed by atoms with van der Waals surface area (Å²) in [4.78, 5) is 4.62. The number of nitrogens with zero attached hydrogens (tertiary/aromatic N) is 1. The van der Waals surface area contributed by atoms with Gasteiger partial charge in [0, 0.05) is 11.8 Å². The van der Waals surface area contributed by atoms with Crippen molar-refractivity contribution in [1.82, 2.24) is 4.98 Å². The number of hydrogen-bond acceptors (Lipinski definition) is 1. The van der Waals surface area contributed by atoms with Gasteiger partial charge in [0.05, 0.1) is 5.69 Å². The molecule has 0 N–H and O–H groups in total. The first-order valence-electron chi connectivity index (χ1n) is 8.79. The Labute approximate surface area is 154 Å². The average Bonchev–Trinajstić information content (AvgIpc) is 2.67. The molecule has 3 aromatic carbocycles. The van der Waals surface area contributed by atoms with E-state index in [1.54, 1.807) is 5.56 Å². The summed E-state index contributed by atoms with van der Waals surface area (Å²) in [5.74, 6) is 0. The van der Waals surface area contributed by atoms with Crippen LogP contribution in [0.2, 0.25) is 0 Å². The molecule has 124 valence electrons. The predicted octanol–water partition coefficient (Wildman–Crippen LogP) is 6.36. The molecule has 0 saturated heterocycles. The van der Waals surface area contributed by atoms with Crippen LogP contribution in [-0.4, -0.2) is 4.98 Å². The summed E-state index contributed by atoms with van der Waals surface area (Å²) >= 11 is 0. The SMILES string of the molecule is Cl.c1ccc(-c2cc3c4c(ccc3c3ccccc23)CCCC4)nc1. The number of rotatable bonds is 1. The lowest BCUT2D eigenvalue weighted by atomic mass is 9.85. The highest BCUT2D eigenvalue weighted by molar-refractivity contribution is 6.14. The maximum atomic E-state index is 4.62. The molecule has 1 aromatic heterocycles. The van der Waals surface area contributed by atoms with Crippen LogP contribution >= 0.6 is 12.4 Å². The van der Waals surface area contributed by atoms with E-state index in [4.69, 9.17) is 0 Å². The number of benzene rings is 3. The molecule has 0 aliphatic heterocycles. The molecular formula is C23H20ClN. The summed E-state index contributed by atoms with van der Waals surface area (Å²) in [6, 6.07) is 22.0. The van der Waals surface area contributed by atoms with Crippen LogP contribution in [0.3, 0.4) is 0 Å². The Hall–Kier alpha value is -2.38. The van der Waals surface area contributed by atoms with Gasteiger partial charge in [0.15, 0.2) is 0 Å². The highest BCUT2D eigenvalue weighted by Gasteiger charge is 2.16. The van der Waals surface area contributed by atoms with Crippen molar-refractivity contribution in [2.75, 3.05) is 0 Å². The van der Waals surface area contributed by atoms with Crippen LogP contribution in [-0.2, 0) is 12.8 Å². The van der Waals surface area contributed by atoms with Crippen molar-refractivity contribution in [2.24, 2.45) is 0 Å². The molecule has 1 aliphatic carbocycles. The Morgan fingerprint density at radius 3 is 2.28 bits per heavy atom. The minimum atomic E-state index is 0. The second-order valence-corrected chi connectivity index (χ2v) is 6.69. The van der Waals surface area contributed by atoms with Gasteiger partial charge in [-0.2, -0.15) is 0 Å². The topological polar surface area (TPSA) is 12.9 Å². The van der Waals surface area contributed by atoms with Crippen LogP contribution in [0.1, 0.15) is 24.0 Å². The van der Waals surface area contributed by atoms with Crippen LogP contribution in [0.5, 0.6) is 0 Å². The lowest BCUT2D eigenvalue weighted by Crippen LogP contribution is -2.03. The number of aromatic nitrogens is 1. The zero-order valence-electron chi connectivity index (χ0n) is 14.0. The molecule has 2 heteroatoms. The van der Waals surface area contributed by atoms with Gasteiger partial charge in [-0.15, -0.1) is 12.4 Å². The van der Waals surface area contributed by atoms with Gasteiger partial charge >= 0.3 is 0 Å². The van der Waals surface area contributed by atoms with E-state index in [1.807, 2.05) is 12.3 Å². The molecule has 0 unspecified atom stereocenters. The fourth-order valence-electron chi connectivity index (χ4n) is 4.17. The lowest BCUT2D eigenvalue weighted by molar-refractivity contribution is 0.690. The van der Waals surface area contributed by atoms with Crippen molar-refractivity contribution in [1.29, 1.82) is 0 Å². The highest BCUT2D eigenvalue weighted by Crippen LogP contribution is 2.38. The first-order chi connectivity index (χ1) is 11.9. The third-order valence-electron chi connectivity index (χ3n) is 5.31. The fourth-order valence-corrected chi connectivity index (χ4v) is 4.17. The third-order valence-corrected chi connectivity index (χ3v) is 5.31. The molecule has 5 rings (SSSR count). The molecule has 1 aliphatic rings. The fraction of sp³-hybridized carbons (Fsp3) is 0.174. The summed E-state index contributed by atoms with van der Waals surface area (Å²) in [5.41, 5.74) is 5.40. The molecule has 0 amide bonds. The van der Waals surface area contributed by atoms with Crippen LogP contribution in [0.15, 0.2) is 66.9 Å². The van der Waals surface area contributed by atoms with Gasteiger partial charge in [-0.3, -0.25) is 4.98 Å². The van der Waals surface area contributed by atoms with E-state index in [9.17, 15) is 0 Å². The Kier molecular flexibility index (Phi) is 4.19. The first-order valence-corrected chi connectivity index (χ1v) is 8.79. The normalized spacial score (nSPS) is 13.4. The van der Waals surface area contributed by atoms with Gasteiger partial charge in [0.2, 0.25) is 0 Å². The van der Waals surface area contributed by atoms with E-state index in [0.717, 1.165) is 5.69 Å². The Balaban J connectivity index is 0.00000157. The quantitative estimate of drug-likeness (QED) is 0.366. The number of fused-ring (bicyclic) bond motifs is 5. The summed E-state index contributed by atoms with van der Waals surface area (Å²) in [5, 5.41) is 5.43. The van der Waals surface area contributed by atoms with Crippen LogP contribution in [0.4, 0.5) is 0 Å². The van der Waals surface area contributed by atoms with E-state index in [0.29, 0.717) is 0 Å². The summed E-state index contributed by atoms with van der Waals surface area (Å²) < 4.78 is 0. The third kappa shape index (κ3) is 2.60. The van der Waals surface area contributed by atoms with Gasteiger partial charge in [0.25, 0.3) is 0 Å². The second kappa shape index (κ2) is 6.50. The van der Waals surface area contributed by atoms with Crippen molar-refractivity contribution in [3.05, 3.63) is 78.0 Å². The van der Waals surface area contributed by atoms with Crippen molar-refractivity contribution in [3.63, 3.8) is 0 Å². The Morgan fingerprint density at radius 1 is 0.680 bits per heavy atom. The number of aryl methyl sites for hydroxylation is 2. The lowest BCUT2D eigenvalue weighted by Gasteiger charge is -2.20. The van der Waals surface area contributed by atoms with Crippen LogP contribution < -0.4 is 0 Å². The van der Waals surface area contributed by atoms with E-state index in [2.05, 4.69) is 59.6 Å². The molecule has 0 fully saturated rings. The standard InChI is InChI=1S/C23H19N.ClH/c1-2-8-17-16(7-1)12-13-20-18-9-3-4-10-19(18)22(15-21(17)20)23-11-5-6-14-24-23;/h3-6,9-15H,1-2,7-8H2;1H. The monoisotopic (exact) mass is 345 g/mol. The second-order valence-electron chi connectivity index (χ2n) is 6.69. The maximum Gasteiger partial charge on any atom is 0.0708 e. The predicted molar refractivity (Wildman–Crippen MR) is 109 cm³/mol. The number of hydrogen-bond donors (Lipinski definition) is 0. The summed E-state index contributed by atoms with van der Waals surface area (Å²) in [6.07, 6.45) is 6.93. The average molecular weight is 346 g/mol. The summed E-state index contributed by atoms with van der Waals surface area (Å²) in [6.45, 7) is 0. The van der Waals surface area contributed by atoms with Crippen molar-refractivity contribution in [3.8, 4) is 11.3 Å². The zero-order chi connectivity index (χ0) is 15.9. The van der Waals surface area contributed by atoms with Gasteiger partial charge in [-0.05, 0) is 76.6 Å². The molecule has 0 atom stereocenters. The molecule has 4 aromatic rings. The molecule has 1 nitrogen and oxygen atoms in total. The molecule has 25 heavy (non-hydrogen) atoms. The van der Waals surface area contributed by atoms with Crippen molar-refractivity contribution < 1.29 is 0 Å². The van der Waals surface area contributed by atoms with Gasteiger partial charge in [0.1, 0.15) is 0 Å². The van der Waals surface area contributed by atoms with E-state index in [1.165, 1.54) is 58.4 Å². The smallest absolute Gasteiger partial charge is 0.0708 e. The van der Waals surface area contributed by atoms with E-state index in [-0.39, 0.29) is 12.4 Å². The molecule has 0 saturated carbocycles. The van der Waals surface area contributed by atoms with Crippen molar-refractivity contribution >= 4 is 34.0 Å². The Bertz CT molecular complexity index is 1050. The molecule has 0 radical (unpaired) electrons. The van der Waals surface area contributed by atoms with Crippen LogP contribution in [0, 0.1) is 0 Å². The van der Waals surface area contributed by atoms with Crippen molar-refractivity contribution in [2.45, 2.75) is 25.7 Å². The molecule has 0 spiro atoms. The minimum absolute atomic E-state index is 0.